The Hall–Kier alpha value is -1.35. The van der Waals surface area contributed by atoms with Crippen LogP contribution in [0.15, 0.2) is 46.5 Å². The lowest BCUT2D eigenvalue weighted by molar-refractivity contribution is 0.182. The van der Waals surface area contributed by atoms with Gasteiger partial charge in [-0.3, -0.25) is 4.68 Å². The van der Waals surface area contributed by atoms with Crippen LogP contribution in [0.2, 0.25) is 0 Å². The Morgan fingerprint density at radius 3 is 2.57 bits per heavy atom. The van der Waals surface area contributed by atoms with Crippen molar-refractivity contribution in [2.24, 2.45) is 7.05 Å². The Morgan fingerprint density at radius 1 is 1.38 bits per heavy atom. The number of benzene rings is 1. The van der Waals surface area contributed by atoms with E-state index in [1.807, 2.05) is 18.4 Å². The van der Waals surface area contributed by atoms with Crippen LogP contribution in [-0.4, -0.2) is 36.1 Å². The number of nitrogens with one attached hydrogen (secondary N) is 1. The predicted molar refractivity (Wildman–Crippen MR) is 81.6 cm³/mol. The first-order valence-corrected chi connectivity index (χ1v) is 8.93. The summed E-state index contributed by atoms with van der Waals surface area (Å²) in [5, 5.41) is 13.9. The van der Waals surface area contributed by atoms with Gasteiger partial charge in [0.1, 0.15) is 4.90 Å². The minimum absolute atomic E-state index is 0.0786. The summed E-state index contributed by atoms with van der Waals surface area (Å²) in [5.41, 5.74) is 0.668. The summed E-state index contributed by atoms with van der Waals surface area (Å²) >= 11 is 1.60. The van der Waals surface area contributed by atoms with E-state index >= 15 is 0 Å². The number of aliphatic hydroxyl groups is 1. The third-order valence-electron chi connectivity index (χ3n) is 2.96. The van der Waals surface area contributed by atoms with E-state index in [1.165, 1.54) is 17.1 Å². The molecule has 114 valence electrons. The van der Waals surface area contributed by atoms with Crippen LogP contribution in [0.4, 0.5) is 0 Å². The smallest absolute Gasteiger partial charge is 0.243 e. The van der Waals surface area contributed by atoms with Crippen molar-refractivity contribution in [3.8, 4) is 0 Å². The Labute approximate surface area is 128 Å². The molecule has 0 bridgehead atoms. The molecule has 0 aliphatic carbocycles. The normalized spacial score (nSPS) is 13.3. The van der Waals surface area contributed by atoms with Gasteiger partial charge in [0.05, 0.1) is 12.3 Å². The zero-order chi connectivity index (χ0) is 15.5. The fourth-order valence-electron chi connectivity index (χ4n) is 1.75. The Bertz CT molecular complexity index is 696. The maximum atomic E-state index is 12.0. The molecular formula is C13H17N3O3S2. The Morgan fingerprint density at radius 2 is 2.05 bits per heavy atom. The number of thioether (sulfide) groups is 1. The zero-order valence-electron chi connectivity index (χ0n) is 11.7. The lowest BCUT2D eigenvalue weighted by Crippen LogP contribution is -2.28. The quantitative estimate of drug-likeness (QED) is 0.778. The molecular weight excluding hydrogens is 310 g/mol. The molecule has 0 amide bonds. The average Bonchev–Trinajstić information content (AvgIpc) is 2.92. The summed E-state index contributed by atoms with van der Waals surface area (Å²) in [6.45, 7) is -0.0875. The highest BCUT2D eigenvalue weighted by Crippen LogP contribution is 2.19. The summed E-state index contributed by atoms with van der Waals surface area (Å²) in [6, 6.07) is 7.35. The molecule has 0 unspecified atom stereocenters. The van der Waals surface area contributed by atoms with E-state index in [0.29, 0.717) is 5.56 Å². The summed E-state index contributed by atoms with van der Waals surface area (Å²) in [4.78, 5) is 1.16. The lowest BCUT2D eigenvalue weighted by Gasteiger charge is -2.12. The SMILES string of the molecule is CSc1ccc([C@@H](O)CNS(=O)(=O)c2cnn(C)c2)cc1. The topological polar surface area (TPSA) is 84.2 Å². The molecule has 2 rings (SSSR count). The summed E-state index contributed by atoms with van der Waals surface area (Å²) in [7, 11) is -2.01. The highest BCUT2D eigenvalue weighted by atomic mass is 32.2. The van der Waals surface area contributed by atoms with Crippen LogP contribution in [0.25, 0.3) is 0 Å². The van der Waals surface area contributed by atoms with Crippen molar-refractivity contribution in [2.45, 2.75) is 15.9 Å². The number of hydrogen-bond donors (Lipinski definition) is 2. The molecule has 21 heavy (non-hydrogen) atoms. The molecule has 0 aliphatic rings. The van der Waals surface area contributed by atoms with Gasteiger partial charge in [-0.05, 0) is 24.0 Å². The third kappa shape index (κ3) is 4.07. The van der Waals surface area contributed by atoms with Gasteiger partial charge in [-0.1, -0.05) is 12.1 Å². The number of hydrogen-bond acceptors (Lipinski definition) is 5. The number of rotatable bonds is 6. The number of aliphatic hydroxyl groups excluding tert-OH is 1. The molecule has 0 aliphatic heterocycles. The molecule has 1 atom stereocenters. The number of sulfonamides is 1. The van der Waals surface area contributed by atoms with Gasteiger partial charge in [0.2, 0.25) is 10.0 Å². The monoisotopic (exact) mass is 327 g/mol. The first-order valence-electron chi connectivity index (χ1n) is 6.22. The molecule has 1 aromatic carbocycles. The molecule has 0 saturated heterocycles. The van der Waals surface area contributed by atoms with E-state index < -0.39 is 16.1 Å². The van der Waals surface area contributed by atoms with Crippen LogP contribution in [0.3, 0.4) is 0 Å². The van der Waals surface area contributed by atoms with Gasteiger partial charge in [-0.15, -0.1) is 11.8 Å². The highest BCUT2D eigenvalue weighted by molar-refractivity contribution is 7.98. The lowest BCUT2D eigenvalue weighted by atomic mass is 10.1. The predicted octanol–water partition coefficient (Wildman–Crippen LogP) is 1.15. The number of nitrogens with zero attached hydrogens (tertiary/aromatic N) is 2. The highest BCUT2D eigenvalue weighted by Gasteiger charge is 2.18. The average molecular weight is 327 g/mol. The van der Waals surface area contributed by atoms with Crippen molar-refractivity contribution in [3.63, 3.8) is 0 Å². The summed E-state index contributed by atoms with van der Waals surface area (Å²) in [6.07, 6.45) is 3.74. The van der Waals surface area contributed by atoms with Crippen molar-refractivity contribution in [1.29, 1.82) is 0 Å². The maximum absolute atomic E-state index is 12.0. The Kier molecular flexibility index (Phi) is 5.04. The second-order valence-electron chi connectivity index (χ2n) is 4.49. The van der Waals surface area contributed by atoms with Gasteiger partial charge in [0.25, 0.3) is 0 Å². The van der Waals surface area contributed by atoms with E-state index in [0.717, 1.165) is 4.90 Å². The first kappa shape index (κ1) is 16.0. The van der Waals surface area contributed by atoms with Crippen LogP contribution in [0, 0.1) is 0 Å². The van der Waals surface area contributed by atoms with Gasteiger partial charge in [-0.2, -0.15) is 5.10 Å². The minimum Gasteiger partial charge on any atom is -0.387 e. The second-order valence-corrected chi connectivity index (χ2v) is 7.14. The fourth-order valence-corrected chi connectivity index (χ4v) is 3.18. The van der Waals surface area contributed by atoms with Gasteiger partial charge < -0.3 is 5.11 Å². The molecule has 6 nitrogen and oxygen atoms in total. The molecule has 1 heterocycles. The van der Waals surface area contributed by atoms with E-state index in [-0.39, 0.29) is 11.4 Å². The first-order chi connectivity index (χ1) is 9.92. The van der Waals surface area contributed by atoms with E-state index in [1.54, 1.807) is 30.9 Å². The number of aromatic nitrogens is 2. The molecule has 1 aromatic heterocycles. The standard InChI is InChI=1S/C13H17N3O3S2/c1-16-9-12(7-14-16)21(18,19)15-8-13(17)10-3-5-11(20-2)6-4-10/h3-7,9,13,15,17H,8H2,1-2H3/t13-/m0/s1. The molecule has 0 fully saturated rings. The molecule has 0 radical (unpaired) electrons. The minimum atomic E-state index is -3.65. The van der Waals surface area contributed by atoms with Crippen molar-refractivity contribution in [2.75, 3.05) is 12.8 Å². The summed E-state index contributed by atoms with van der Waals surface area (Å²) < 4.78 is 27.8. The van der Waals surface area contributed by atoms with Gasteiger partial charge in [-0.25, -0.2) is 13.1 Å². The maximum Gasteiger partial charge on any atom is 0.243 e. The molecule has 0 spiro atoms. The van der Waals surface area contributed by atoms with Crippen molar-refractivity contribution in [3.05, 3.63) is 42.2 Å². The van der Waals surface area contributed by atoms with E-state index in [2.05, 4.69) is 9.82 Å². The van der Waals surface area contributed by atoms with E-state index in [4.69, 9.17) is 0 Å². The van der Waals surface area contributed by atoms with Crippen LogP contribution in [0.1, 0.15) is 11.7 Å². The molecule has 8 heteroatoms. The number of aryl methyl sites for hydroxylation is 1. The molecule has 2 N–H and O–H groups in total. The van der Waals surface area contributed by atoms with Gasteiger partial charge in [0.15, 0.2) is 0 Å². The van der Waals surface area contributed by atoms with Crippen LogP contribution in [-0.2, 0) is 17.1 Å². The Balaban J connectivity index is 2.01. The molecule has 0 saturated carbocycles. The van der Waals surface area contributed by atoms with Gasteiger partial charge >= 0.3 is 0 Å². The zero-order valence-corrected chi connectivity index (χ0v) is 13.4. The van der Waals surface area contributed by atoms with Gasteiger partial charge in [0, 0.05) is 24.7 Å². The van der Waals surface area contributed by atoms with Crippen LogP contribution < -0.4 is 4.72 Å². The second kappa shape index (κ2) is 6.61. The van der Waals surface area contributed by atoms with Crippen molar-refractivity contribution >= 4 is 21.8 Å². The van der Waals surface area contributed by atoms with E-state index in [9.17, 15) is 13.5 Å². The fraction of sp³-hybridized carbons (Fsp3) is 0.308. The van der Waals surface area contributed by atoms with Crippen molar-refractivity contribution < 1.29 is 13.5 Å². The largest absolute Gasteiger partial charge is 0.387 e. The van der Waals surface area contributed by atoms with Crippen LogP contribution >= 0.6 is 11.8 Å². The summed E-state index contributed by atoms with van der Waals surface area (Å²) in [5.74, 6) is 0. The third-order valence-corrected chi connectivity index (χ3v) is 5.08. The van der Waals surface area contributed by atoms with Crippen molar-refractivity contribution in [1.82, 2.24) is 14.5 Å². The van der Waals surface area contributed by atoms with Crippen LogP contribution in [0.5, 0.6) is 0 Å². The molecule has 2 aromatic rings.